The molecule has 21 heavy (non-hydrogen) atoms. The molecule has 1 aromatic rings. The molecule has 2 heterocycles. The van der Waals surface area contributed by atoms with Crippen LogP contribution in [-0.2, 0) is 23.0 Å². The Labute approximate surface area is 126 Å². The van der Waals surface area contributed by atoms with Gasteiger partial charge >= 0.3 is 0 Å². The first-order valence-electron chi connectivity index (χ1n) is 7.42. The third kappa shape index (κ3) is 4.02. The Kier molecular flexibility index (Phi) is 5.34. The first-order chi connectivity index (χ1) is 9.93. The number of nitrogens with zero attached hydrogens (tertiary/aromatic N) is 4. The predicted octanol–water partition coefficient (Wildman–Crippen LogP) is 0.263. The van der Waals surface area contributed by atoms with E-state index in [4.69, 9.17) is 5.11 Å². The summed E-state index contributed by atoms with van der Waals surface area (Å²) in [6.07, 6.45) is 4.07. The summed E-state index contributed by atoms with van der Waals surface area (Å²) in [5.41, 5.74) is 0.789. The Morgan fingerprint density at radius 1 is 1.38 bits per heavy atom. The molecule has 0 unspecified atom stereocenters. The van der Waals surface area contributed by atoms with Gasteiger partial charge in [-0.25, -0.2) is 12.7 Å². The largest absolute Gasteiger partial charge is 0.396 e. The Balaban J connectivity index is 1.86. The van der Waals surface area contributed by atoms with E-state index in [0.29, 0.717) is 25.4 Å². The lowest BCUT2D eigenvalue weighted by Crippen LogP contribution is -2.42. The minimum absolute atomic E-state index is 0.0736. The molecule has 2 rings (SSSR count). The fraction of sp³-hybridized carbons (Fsp3) is 0.846. The first kappa shape index (κ1) is 16.4. The second-order valence-electron chi connectivity index (χ2n) is 5.84. The Morgan fingerprint density at radius 2 is 2.05 bits per heavy atom. The Bertz CT molecular complexity index is 548. The van der Waals surface area contributed by atoms with E-state index in [9.17, 15) is 8.42 Å². The highest BCUT2D eigenvalue weighted by atomic mass is 32.2. The third-order valence-corrected chi connectivity index (χ3v) is 6.20. The summed E-state index contributed by atoms with van der Waals surface area (Å²) in [7, 11) is -3.13. The molecular formula is C13H24N4O3S. The number of aliphatic hydroxyl groups is 1. The smallest absolute Gasteiger partial charge is 0.216 e. The standard InChI is InChI=1S/C13H24N4O3S/c1-11(2)21(19,20)17-6-3-12(4-7-17)9-16-10-13(5-8-18)14-15-16/h10-12,18H,3-9H2,1-2H3. The molecule has 1 aliphatic heterocycles. The van der Waals surface area contributed by atoms with Crippen LogP contribution >= 0.6 is 0 Å². The fourth-order valence-corrected chi connectivity index (χ4v) is 3.88. The molecule has 0 amide bonds. The molecule has 0 spiro atoms. The van der Waals surface area contributed by atoms with Crippen molar-refractivity contribution in [3.8, 4) is 0 Å². The quantitative estimate of drug-likeness (QED) is 0.813. The zero-order valence-electron chi connectivity index (χ0n) is 12.6. The molecule has 0 aliphatic carbocycles. The van der Waals surface area contributed by atoms with E-state index < -0.39 is 10.0 Å². The van der Waals surface area contributed by atoms with Crippen molar-refractivity contribution in [1.82, 2.24) is 19.3 Å². The summed E-state index contributed by atoms with van der Waals surface area (Å²) in [5.74, 6) is 0.423. The maximum atomic E-state index is 12.1. The number of sulfonamides is 1. The van der Waals surface area contributed by atoms with Gasteiger partial charge in [0.05, 0.1) is 10.9 Å². The van der Waals surface area contributed by atoms with E-state index in [1.807, 2.05) is 6.20 Å². The van der Waals surface area contributed by atoms with Crippen LogP contribution < -0.4 is 0 Å². The monoisotopic (exact) mass is 316 g/mol. The second kappa shape index (κ2) is 6.85. The van der Waals surface area contributed by atoms with Gasteiger partial charge in [-0.2, -0.15) is 0 Å². The zero-order valence-corrected chi connectivity index (χ0v) is 13.5. The minimum atomic E-state index is -3.13. The number of rotatable bonds is 6. The average Bonchev–Trinajstić information content (AvgIpc) is 2.87. The number of aliphatic hydroxyl groups excluding tert-OH is 1. The van der Waals surface area contributed by atoms with Crippen molar-refractivity contribution >= 4 is 10.0 Å². The second-order valence-corrected chi connectivity index (χ2v) is 8.33. The van der Waals surface area contributed by atoms with Crippen molar-refractivity contribution in [2.24, 2.45) is 5.92 Å². The molecule has 8 heteroatoms. The van der Waals surface area contributed by atoms with Crippen molar-refractivity contribution in [1.29, 1.82) is 0 Å². The zero-order chi connectivity index (χ0) is 15.5. The van der Waals surface area contributed by atoms with E-state index in [-0.39, 0.29) is 11.9 Å². The number of hydrogen-bond donors (Lipinski definition) is 1. The lowest BCUT2D eigenvalue weighted by molar-refractivity contribution is 0.245. The number of piperidine rings is 1. The van der Waals surface area contributed by atoms with Crippen LogP contribution in [0.1, 0.15) is 32.4 Å². The SMILES string of the molecule is CC(C)S(=O)(=O)N1CCC(Cn2cc(CCO)nn2)CC1. The average molecular weight is 316 g/mol. The molecule has 120 valence electrons. The highest BCUT2D eigenvalue weighted by Gasteiger charge is 2.30. The van der Waals surface area contributed by atoms with Crippen LogP contribution in [0.15, 0.2) is 6.20 Å². The van der Waals surface area contributed by atoms with E-state index >= 15 is 0 Å². The van der Waals surface area contributed by atoms with Crippen LogP contribution in [0.25, 0.3) is 0 Å². The van der Waals surface area contributed by atoms with Crippen molar-refractivity contribution in [2.45, 2.75) is 44.9 Å². The first-order valence-corrected chi connectivity index (χ1v) is 8.92. The van der Waals surface area contributed by atoms with Gasteiger partial charge in [0.15, 0.2) is 0 Å². The van der Waals surface area contributed by atoms with Crippen LogP contribution in [0.4, 0.5) is 0 Å². The summed E-state index contributed by atoms with van der Waals surface area (Å²) < 4.78 is 27.6. The van der Waals surface area contributed by atoms with Crippen molar-refractivity contribution < 1.29 is 13.5 Å². The molecule has 1 aromatic heterocycles. The minimum Gasteiger partial charge on any atom is -0.396 e. The summed E-state index contributed by atoms with van der Waals surface area (Å²) in [5, 5.41) is 16.5. The van der Waals surface area contributed by atoms with Crippen molar-refractivity contribution in [3.63, 3.8) is 0 Å². The van der Waals surface area contributed by atoms with Gasteiger partial charge in [-0.05, 0) is 32.6 Å². The van der Waals surface area contributed by atoms with Crippen molar-refractivity contribution in [3.05, 3.63) is 11.9 Å². The van der Waals surface area contributed by atoms with E-state index in [1.54, 1.807) is 22.8 Å². The number of hydrogen-bond acceptors (Lipinski definition) is 5. The van der Waals surface area contributed by atoms with Crippen LogP contribution in [0, 0.1) is 5.92 Å². The molecule has 1 fully saturated rings. The van der Waals surface area contributed by atoms with Crippen LogP contribution in [0.2, 0.25) is 0 Å². The molecule has 0 atom stereocenters. The molecule has 1 N–H and O–H groups in total. The summed E-state index contributed by atoms with van der Waals surface area (Å²) >= 11 is 0. The number of aromatic nitrogens is 3. The van der Waals surface area contributed by atoms with E-state index in [2.05, 4.69) is 10.3 Å². The molecule has 7 nitrogen and oxygen atoms in total. The lowest BCUT2D eigenvalue weighted by Gasteiger charge is -2.32. The van der Waals surface area contributed by atoms with Gasteiger partial charge in [0.25, 0.3) is 0 Å². The van der Waals surface area contributed by atoms with Crippen LogP contribution in [-0.4, -0.2) is 57.8 Å². The molecule has 1 aliphatic rings. The van der Waals surface area contributed by atoms with E-state index in [1.165, 1.54) is 0 Å². The van der Waals surface area contributed by atoms with Crippen LogP contribution in [0.5, 0.6) is 0 Å². The predicted molar refractivity (Wildman–Crippen MR) is 79.2 cm³/mol. The maximum Gasteiger partial charge on any atom is 0.216 e. The topological polar surface area (TPSA) is 88.3 Å². The van der Waals surface area contributed by atoms with Gasteiger partial charge in [0.1, 0.15) is 0 Å². The molecule has 0 bridgehead atoms. The molecule has 0 radical (unpaired) electrons. The third-order valence-electron chi connectivity index (χ3n) is 3.93. The van der Waals surface area contributed by atoms with E-state index in [0.717, 1.165) is 25.1 Å². The summed E-state index contributed by atoms with van der Waals surface area (Å²) in [6.45, 7) is 5.45. The van der Waals surface area contributed by atoms with Gasteiger partial charge < -0.3 is 5.11 Å². The van der Waals surface area contributed by atoms with Gasteiger partial charge in [0, 0.05) is 38.9 Å². The van der Waals surface area contributed by atoms with Gasteiger partial charge in [0.2, 0.25) is 10.0 Å². The molecule has 0 saturated carbocycles. The normalized spacial score (nSPS) is 18.5. The fourth-order valence-electron chi connectivity index (χ4n) is 2.57. The highest BCUT2D eigenvalue weighted by molar-refractivity contribution is 7.89. The molecule has 0 aromatic carbocycles. The molecule has 1 saturated heterocycles. The van der Waals surface area contributed by atoms with Crippen molar-refractivity contribution in [2.75, 3.05) is 19.7 Å². The Morgan fingerprint density at radius 3 is 2.62 bits per heavy atom. The summed E-state index contributed by atoms with van der Waals surface area (Å²) in [6, 6.07) is 0. The lowest BCUT2D eigenvalue weighted by atomic mass is 9.98. The Hall–Kier alpha value is -0.990. The molecular weight excluding hydrogens is 292 g/mol. The maximum absolute atomic E-state index is 12.1. The highest BCUT2D eigenvalue weighted by Crippen LogP contribution is 2.22. The van der Waals surface area contributed by atoms with Gasteiger partial charge in [-0.3, -0.25) is 4.68 Å². The van der Waals surface area contributed by atoms with Gasteiger partial charge in [-0.1, -0.05) is 5.21 Å². The summed E-state index contributed by atoms with van der Waals surface area (Å²) in [4.78, 5) is 0. The van der Waals surface area contributed by atoms with Crippen LogP contribution in [0.3, 0.4) is 0 Å². The van der Waals surface area contributed by atoms with Gasteiger partial charge in [-0.15, -0.1) is 5.10 Å².